The number of hydrogen-bond acceptors (Lipinski definition) is 4. The zero-order valence-electron chi connectivity index (χ0n) is 12.3. The van der Waals surface area contributed by atoms with Crippen molar-refractivity contribution >= 4 is 0 Å². The molecule has 0 spiro atoms. The first kappa shape index (κ1) is 13.3. The maximum atomic E-state index is 5.96. The fourth-order valence-corrected chi connectivity index (χ4v) is 2.95. The van der Waals surface area contributed by atoms with Crippen LogP contribution in [0.4, 0.5) is 0 Å². The number of piperidine rings is 1. The highest BCUT2D eigenvalue weighted by Crippen LogP contribution is 2.32. The smallest absolute Gasteiger partial charge is 0.248 e. The minimum Gasteiger partial charge on any atom is -0.420 e. The molecule has 2 atom stereocenters. The molecule has 1 aromatic heterocycles. The molecule has 4 heteroatoms. The van der Waals surface area contributed by atoms with E-state index in [1.807, 2.05) is 18.2 Å². The summed E-state index contributed by atoms with van der Waals surface area (Å²) in [5.74, 6) is 1.76. The summed E-state index contributed by atoms with van der Waals surface area (Å²) in [5, 5.41) is 8.55. The summed E-state index contributed by atoms with van der Waals surface area (Å²) in [6, 6.07) is 8.57. The van der Waals surface area contributed by atoms with Gasteiger partial charge in [-0.05, 0) is 51.9 Å². The predicted molar refractivity (Wildman–Crippen MR) is 78.5 cm³/mol. The molecule has 0 radical (unpaired) electrons. The van der Waals surface area contributed by atoms with Crippen LogP contribution in [0.5, 0.6) is 0 Å². The van der Waals surface area contributed by atoms with Crippen LogP contribution in [-0.4, -0.2) is 34.7 Å². The van der Waals surface area contributed by atoms with E-state index in [1.165, 1.54) is 6.42 Å². The molecular formula is C16H21N3O. The Morgan fingerprint density at radius 3 is 2.85 bits per heavy atom. The summed E-state index contributed by atoms with van der Waals surface area (Å²) in [4.78, 5) is 2.37. The molecule has 1 aromatic carbocycles. The average Bonchev–Trinajstić information content (AvgIpc) is 2.92. The van der Waals surface area contributed by atoms with Crippen LogP contribution >= 0.6 is 0 Å². The lowest BCUT2D eigenvalue weighted by Gasteiger charge is -2.34. The number of benzene rings is 1. The van der Waals surface area contributed by atoms with Gasteiger partial charge in [-0.3, -0.25) is 0 Å². The van der Waals surface area contributed by atoms with Crippen LogP contribution in [0.2, 0.25) is 0 Å². The van der Waals surface area contributed by atoms with Gasteiger partial charge in [0.05, 0.1) is 5.92 Å². The lowest BCUT2D eigenvalue weighted by atomic mass is 9.90. The van der Waals surface area contributed by atoms with E-state index >= 15 is 0 Å². The Bertz CT molecular complexity index is 593. The maximum Gasteiger partial charge on any atom is 0.248 e. The predicted octanol–water partition coefficient (Wildman–Crippen LogP) is 3.24. The van der Waals surface area contributed by atoms with Gasteiger partial charge in [-0.15, -0.1) is 10.2 Å². The van der Waals surface area contributed by atoms with Gasteiger partial charge in [-0.25, -0.2) is 0 Å². The van der Waals surface area contributed by atoms with Gasteiger partial charge in [-0.1, -0.05) is 18.2 Å². The quantitative estimate of drug-likeness (QED) is 0.841. The Balaban J connectivity index is 1.89. The van der Waals surface area contributed by atoms with E-state index in [2.05, 4.69) is 42.1 Å². The van der Waals surface area contributed by atoms with Crippen LogP contribution in [0.3, 0.4) is 0 Å². The van der Waals surface area contributed by atoms with Crippen molar-refractivity contribution in [1.82, 2.24) is 15.1 Å². The number of aromatic nitrogens is 2. The third-order valence-corrected chi connectivity index (χ3v) is 4.44. The zero-order chi connectivity index (χ0) is 14.1. The number of likely N-dealkylation sites (N-methyl/N-ethyl adjacent to an activating group) is 1. The van der Waals surface area contributed by atoms with Gasteiger partial charge in [0, 0.05) is 11.6 Å². The highest BCUT2D eigenvalue weighted by Gasteiger charge is 2.31. The van der Waals surface area contributed by atoms with Crippen molar-refractivity contribution in [3.05, 3.63) is 35.7 Å². The number of rotatable bonds is 2. The molecular weight excluding hydrogens is 250 g/mol. The fraction of sp³-hybridized carbons (Fsp3) is 0.500. The third-order valence-electron chi connectivity index (χ3n) is 4.44. The molecule has 0 N–H and O–H groups in total. The highest BCUT2D eigenvalue weighted by molar-refractivity contribution is 5.57. The van der Waals surface area contributed by atoms with E-state index in [0.29, 0.717) is 17.9 Å². The largest absolute Gasteiger partial charge is 0.420 e. The van der Waals surface area contributed by atoms with Crippen LogP contribution < -0.4 is 0 Å². The van der Waals surface area contributed by atoms with Gasteiger partial charge in [0.1, 0.15) is 0 Å². The molecule has 106 valence electrons. The van der Waals surface area contributed by atoms with Crippen LogP contribution in [0.15, 0.2) is 28.7 Å². The molecule has 0 bridgehead atoms. The van der Waals surface area contributed by atoms with Crippen LogP contribution in [0, 0.1) is 6.92 Å². The average molecular weight is 271 g/mol. The Labute approximate surface area is 119 Å². The Morgan fingerprint density at radius 2 is 2.05 bits per heavy atom. The molecule has 1 fully saturated rings. The van der Waals surface area contributed by atoms with E-state index in [0.717, 1.165) is 30.0 Å². The second-order valence-corrected chi connectivity index (χ2v) is 5.73. The molecule has 2 aromatic rings. The van der Waals surface area contributed by atoms with Crippen molar-refractivity contribution in [1.29, 1.82) is 0 Å². The second-order valence-electron chi connectivity index (χ2n) is 5.73. The first-order valence-corrected chi connectivity index (χ1v) is 7.26. The highest BCUT2D eigenvalue weighted by atomic mass is 16.4. The van der Waals surface area contributed by atoms with Gasteiger partial charge >= 0.3 is 0 Å². The monoisotopic (exact) mass is 271 g/mol. The molecule has 0 saturated carbocycles. The molecule has 1 aliphatic heterocycles. The van der Waals surface area contributed by atoms with E-state index < -0.39 is 0 Å². The number of hydrogen-bond donors (Lipinski definition) is 0. The van der Waals surface area contributed by atoms with Gasteiger partial charge in [0.15, 0.2) is 0 Å². The third kappa shape index (κ3) is 2.36. The Hall–Kier alpha value is -1.68. The Morgan fingerprint density at radius 1 is 1.25 bits per heavy atom. The van der Waals surface area contributed by atoms with Gasteiger partial charge in [0.25, 0.3) is 0 Å². The van der Waals surface area contributed by atoms with E-state index in [4.69, 9.17) is 4.42 Å². The zero-order valence-corrected chi connectivity index (χ0v) is 12.3. The van der Waals surface area contributed by atoms with Crippen molar-refractivity contribution in [2.75, 3.05) is 13.6 Å². The minimum atomic E-state index is 0.346. The van der Waals surface area contributed by atoms with Crippen molar-refractivity contribution < 1.29 is 4.42 Å². The molecule has 20 heavy (non-hydrogen) atoms. The fourth-order valence-electron chi connectivity index (χ4n) is 2.95. The lowest BCUT2D eigenvalue weighted by Crippen LogP contribution is -2.39. The van der Waals surface area contributed by atoms with Crippen LogP contribution in [0.1, 0.15) is 37.1 Å². The molecule has 4 nitrogen and oxygen atoms in total. The molecule has 0 unspecified atom stereocenters. The number of likely N-dealkylation sites (tertiary alicyclic amines) is 1. The van der Waals surface area contributed by atoms with Crippen molar-refractivity contribution in [2.24, 2.45) is 0 Å². The van der Waals surface area contributed by atoms with Crippen LogP contribution in [-0.2, 0) is 0 Å². The summed E-state index contributed by atoms with van der Waals surface area (Å²) < 4.78 is 5.96. The summed E-state index contributed by atoms with van der Waals surface area (Å²) in [5.41, 5.74) is 2.19. The lowest BCUT2D eigenvalue weighted by molar-refractivity contribution is 0.158. The molecule has 2 heterocycles. The summed E-state index contributed by atoms with van der Waals surface area (Å²) in [6.45, 7) is 5.45. The van der Waals surface area contributed by atoms with Crippen molar-refractivity contribution in [3.8, 4) is 11.5 Å². The maximum absolute atomic E-state index is 5.96. The van der Waals surface area contributed by atoms with Gasteiger partial charge in [0.2, 0.25) is 11.8 Å². The Kier molecular flexibility index (Phi) is 3.57. The molecule has 0 aliphatic carbocycles. The van der Waals surface area contributed by atoms with Crippen molar-refractivity contribution in [2.45, 2.75) is 38.6 Å². The van der Waals surface area contributed by atoms with Crippen LogP contribution in [0.25, 0.3) is 11.5 Å². The first-order valence-electron chi connectivity index (χ1n) is 7.26. The van der Waals surface area contributed by atoms with E-state index in [1.54, 1.807) is 0 Å². The molecule has 3 rings (SSSR count). The number of aryl methyl sites for hydroxylation is 1. The van der Waals surface area contributed by atoms with Gasteiger partial charge in [-0.2, -0.15) is 0 Å². The number of nitrogens with zero attached hydrogens (tertiary/aromatic N) is 3. The normalized spacial score (nSPS) is 23.9. The summed E-state index contributed by atoms with van der Waals surface area (Å²) in [6.07, 6.45) is 2.31. The van der Waals surface area contributed by atoms with Gasteiger partial charge < -0.3 is 9.32 Å². The second kappa shape index (κ2) is 5.37. The molecule has 1 aliphatic rings. The van der Waals surface area contributed by atoms with Crippen molar-refractivity contribution in [3.63, 3.8) is 0 Å². The molecule has 1 saturated heterocycles. The molecule has 0 amide bonds. The van der Waals surface area contributed by atoms with E-state index in [9.17, 15) is 0 Å². The first-order chi connectivity index (χ1) is 9.66. The summed E-state index contributed by atoms with van der Waals surface area (Å²) >= 11 is 0. The SMILES string of the molecule is Cc1ccccc1-c1nnc([C@H]2CCCN(C)[C@H]2C)o1. The standard InChI is InChI=1S/C16H21N3O/c1-11-7-4-5-8-13(11)15-17-18-16(20-15)14-9-6-10-19(3)12(14)2/h4-5,7-8,12,14H,6,9-10H2,1-3H3/t12-,14-/m0/s1. The topological polar surface area (TPSA) is 42.2 Å². The van der Waals surface area contributed by atoms with E-state index in [-0.39, 0.29) is 0 Å². The minimum absolute atomic E-state index is 0.346. The summed E-state index contributed by atoms with van der Waals surface area (Å²) in [7, 11) is 2.16.